The number of aliphatic hydroxyl groups excluding tert-OH is 1. The van der Waals surface area contributed by atoms with Gasteiger partial charge in [-0.25, -0.2) is 0 Å². The lowest BCUT2D eigenvalue weighted by Gasteiger charge is -2.21. The Balaban J connectivity index is 4.97. The second-order valence-electron chi connectivity index (χ2n) is 2.97. The average molecular weight is 258 g/mol. The zero-order valence-corrected chi connectivity index (χ0v) is 9.28. The number of aliphatic hydroxyl groups is 1. The van der Waals surface area contributed by atoms with E-state index >= 15 is 0 Å². The zero-order valence-electron chi connectivity index (χ0n) is 9.28. The summed E-state index contributed by atoms with van der Waals surface area (Å²) in [6, 6.07) is 0. The summed E-state index contributed by atoms with van der Waals surface area (Å²) in [5.74, 6) is -5.33. The Hall–Kier alpha value is -1.31. The maximum atomic E-state index is 12.2. The number of ether oxygens (including phenoxy) is 2. The van der Waals surface area contributed by atoms with E-state index in [0.717, 1.165) is 0 Å². The van der Waals surface area contributed by atoms with Crippen LogP contribution in [0.2, 0.25) is 0 Å². The first-order valence-corrected chi connectivity index (χ1v) is 4.83. The minimum atomic E-state index is -5.11. The quantitative estimate of drug-likeness (QED) is 0.579. The molecule has 0 aromatic heterocycles. The highest BCUT2D eigenvalue weighted by atomic mass is 19.4. The Morgan fingerprint density at radius 1 is 1.12 bits per heavy atom. The molecule has 17 heavy (non-hydrogen) atoms. The van der Waals surface area contributed by atoms with Crippen LogP contribution in [0, 0.1) is 5.92 Å². The van der Waals surface area contributed by atoms with Gasteiger partial charge in [-0.05, 0) is 13.8 Å². The molecule has 0 fully saturated rings. The van der Waals surface area contributed by atoms with E-state index in [1.807, 2.05) is 0 Å². The minimum Gasteiger partial charge on any atom is -0.465 e. The minimum absolute atomic E-state index is 0.209. The summed E-state index contributed by atoms with van der Waals surface area (Å²) in [5.41, 5.74) is 0. The van der Waals surface area contributed by atoms with Crippen molar-refractivity contribution in [1.82, 2.24) is 0 Å². The fraction of sp³-hybridized carbons (Fsp3) is 0.778. The SMILES string of the molecule is CCOC(=O)C(C(=O)OCC)[C@@H](O)C(F)(F)F. The van der Waals surface area contributed by atoms with Gasteiger partial charge in [0.1, 0.15) is 0 Å². The Morgan fingerprint density at radius 2 is 1.47 bits per heavy atom. The Bertz CT molecular complexity index is 258. The van der Waals surface area contributed by atoms with Gasteiger partial charge in [0.15, 0.2) is 12.0 Å². The first-order valence-electron chi connectivity index (χ1n) is 4.83. The topological polar surface area (TPSA) is 72.8 Å². The van der Waals surface area contributed by atoms with Gasteiger partial charge in [-0.2, -0.15) is 13.2 Å². The molecular formula is C9H13F3O5. The Kier molecular flexibility index (Phi) is 5.94. The Morgan fingerprint density at radius 3 is 1.71 bits per heavy atom. The van der Waals surface area contributed by atoms with Crippen LogP contribution in [0.25, 0.3) is 0 Å². The van der Waals surface area contributed by atoms with Crippen molar-refractivity contribution in [1.29, 1.82) is 0 Å². The van der Waals surface area contributed by atoms with Gasteiger partial charge in [0, 0.05) is 0 Å². The largest absolute Gasteiger partial charge is 0.465 e. The van der Waals surface area contributed by atoms with Gasteiger partial charge in [0.05, 0.1) is 13.2 Å². The number of carbonyl (C=O) groups is 2. The summed E-state index contributed by atoms with van der Waals surface area (Å²) in [7, 11) is 0. The van der Waals surface area contributed by atoms with Crippen molar-refractivity contribution in [2.45, 2.75) is 26.1 Å². The van der Waals surface area contributed by atoms with Gasteiger partial charge in [-0.3, -0.25) is 9.59 Å². The lowest BCUT2D eigenvalue weighted by atomic mass is 10.0. The fourth-order valence-corrected chi connectivity index (χ4v) is 1.01. The van der Waals surface area contributed by atoms with Crippen molar-refractivity contribution in [3.05, 3.63) is 0 Å². The van der Waals surface area contributed by atoms with Crippen LogP contribution in [0.1, 0.15) is 13.8 Å². The van der Waals surface area contributed by atoms with Crippen molar-refractivity contribution in [2.24, 2.45) is 5.92 Å². The number of esters is 2. The molecule has 0 aromatic carbocycles. The van der Waals surface area contributed by atoms with Crippen LogP contribution in [-0.2, 0) is 19.1 Å². The predicted molar refractivity (Wildman–Crippen MR) is 48.8 cm³/mol. The third-order valence-electron chi connectivity index (χ3n) is 1.73. The number of hydrogen-bond acceptors (Lipinski definition) is 5. The number of alkyl halides is 3. The van der Waals surface area contributed by atoms with E-state index in [1.54, 1.807) is 0 Å². The molecule has 0 heterocycles. The van der Waals surface area contributed by atoms with E-state index in [4.69, 9.17) is 5.11 Å². The standard InChI is InChI=1S/C9H13F3O5/c1-3-16-7(14)5(8(15)17-4-2)6(13)9(10,11)12/h5-6,13H,3-4H2,1-2H3/t6-/m1/s1. The van der Waals surface area contributed by atoms with Crippen molar-refractivity contribution in [3.63, 3.8) is 0 Å². The second-order valence-corrected chi connectivity index (χ2v) is 2.97. The first kappa shape index (κ1) is 15.7. The fourth-order valence-electron chi connectivity index (χ4n) is 1.01. The maximum Gasteiger partial charge on any atom is 0.415 e. The molecule has 1 atom stereocenters. The molecule has 100 valence electrons. The third-order valence-corrected chi connectivity index (χ3v) is 1.73. The van der Waals surface area contributed by atoms with E-state index in [2.05, 4.69) is 9.47 Å². The van der Waals surface area contributed by atoms with Gasteiger partial charge in [0.25, 0.3) is 0 Å². The second kappa shape index (κ2) is 6.43. The van der Waals surface area contributed by atoms with Crippen LogP contribution in [0.5, 0.6) is 0 Å². The average Bonchev–Trinajstić information content (AvgIpc) is 2.17. The summed E-state index contributed by atoms with van der Waals surface area (Å²) in [4.78, 5) is 22.3. The van der Waals surface area contributed by atoms with E-state index in [0.29, 0.717) is 0 Å². The predicted octanol–water partition coefficient (Wildman–Crippen LogP) is 0.652. The highest BCUT2D eigenvalue weighted by Gasteiger charge is 2.51. The van der Waals surface area contributed by atoms with Crippen LogP contribution < -0.4 is 0 Å². The van der Waals surface area contributed by atoms with Crippen LogP contribution in [0.4, 0.5) is 13.2 Å². The molecular weight excluding hydrogens is 245 g/mol. The molecule has 0 bridgehead atoms. The zero-order chi connectivity index (χ0) is 13.6. The molecule has 5 nitrogen and oxygen atoms in total. The van der Waals surface area contributed by atoms with Crippen molar-refractivity contribution < 1.29 is 37.3 Å². The van der Waals surface area contributed by atoms with E-state index in [1.165, 1.54) is 13.8 Å². The third kappa shape index (κ3) is 4.59. The van der Waals surface area contributed by atoms with Gasteiger partial charge < -0.3 is 14.6 Å². The molecule has 1 N–H and O–H groups in total. The van der Waals surface area contributed by atoms with Crippen molar-refractivity contribution in [2.75, 3.05) is 13.2 Å². The van der Waals surface area contributed by atoms with Crippen LogP contribution >= 0.6 is 0 Å². The molecule has 0 aromatic rings. The smallest absolute Gasteiger partial charge is 0.415 e. The van der Waals surface area contributed by atoms with Gasteiger partial charge in [0.2, 0.25) is 0 Å². The van der Waals surface area contributed by atoms with Crippen LogP contribution in [0.3, 0.4) is 0 Å². The number of halogens is 3. The molecule has 0 amide bonds. The lowest BCUT2D eigenvalue weighted by Crippen LogP contribution is -2.45. The molecule has 0 aliphatic heterocycles. The molecule has 0 saturated heterocycles. The molecule has 0 radical (unpaired) electrons. The lowest BCUT2D eigenvalue weighted by molar-refractivity contribution is -0.227. The summed E-state index contributed by atoms with van der Waals surface area (Å²) < 4.78 is 45.3. The summed E-state index contributed by atoms with van der Waals surface area (Å²) in [6.07, 6.45) is -8.25. The summed E-state index contributed by atoms with van der Waals surface area (Å²) in [6.45, 7) is 2.30. The number of rotatable bonds is 5. The first-order chi connectivity index (χ1) is 7.75. The number of carbonyl (C=O) groups excluding carboxylic acids is 2. The van der Waals surface area contributed by atoms with Gasteiger partial charge in [-0.15, -0.1) is 0 Å². The molecule has 0 unspecified atom stereocenters. The number of hydrogen-bond donors (Lipinski definition) is 1. The van der Waals surface area contributed by atoms with Gasteiger partial charge in [-0.1, -0.05) is 0 Å². The molecule has 0 aliphatic rings. The molecule has 8 heteroatoms. The van der Waals surface area contributed by atoms with Crippen molar-refractivity contribution >= 4 is 11.9 Å². The molecule has 0 aliphatic carbocycles. The normalized spacial score (nSPS) is 13.4. The van der Waals surface area contributed by atoms with E-state index in [-0.39, 0.29) is 13.2 Å². The maximum absolute atomic E-state index is 12.2. The van der Waals surface area contributed by atoms with Crippen molar-refractivity contribution in [3.8, 4) is 0 Å². The van der Waals surface area contributed by atoms with E-state index < -0.39 is 30.1 Å². The highest BCUT2D eigenvalue weighted by molar-refractivity contribution is 5.95. The highest BCUT2D eigenvalue weighted by Crippen LogP contribution is 2.27. The molecule has 0 saturated carbocycles. The summed E-state index contributed by atoms with van der Waals surface area (Å²) in [5, 5.41) is 8.91. The monoisotopic (exact) mass is 258 g/mol. The van der Waals surface area contributed by atoms with Crippen LogP contribution in [0.15, 0.2) is 0 Å². The Labute approximate surface area is 95.5 Å². The van der Waals surface area contributed by atoms with E-state index in [9.17, 15) is 22.8 Å². The van der Waals surface area contributed by atoms with Crippen LogP contribution in [-0.4, -0.2) is 42.5 Å². The summed E-state index contributed by atoms with van der Waals surface area (Å²) >= 11 is 0. The molecule has 0 rings (SSSR count). The molecule has 0 spiro atoms. The van der Waals surface area contributed by atoms with Gasteiger partial charge >= 0.3 is 18.1 Å².